The van der Waals surface area contributed by atoms with E-state index in [4.69, 9.17) is 4.74 Å². The van der Waals surface area contributed by atoms with E-state index in [2.05, 4.69) is 10.6 Å². The van der Waals surface area contributed by atoms with E-state index in [-0.39, 0.29) is 12.3 Å². The van der Waals surface area contributed by atoms with Gasteiger partial charge in [-0.3, -0.25) is 9.59 Å². The van der Waals surface area contributed by atoms with Crippen molar-refractivity contribution in [3.63, 3.8) is 0 Å². The molecule has 0 aliphatic heterocycles. The van der Waals surface area contributed by atoms with Gasteiger partial charge in [-0.2, -0.15) is 0 Å². The van der Waals surface area contributed by atoms with Gasteiger partial charge in [-0.15, -0.1) is 0 Å². The monoisotopic (exact) mass is 529 g/mol. The van der Waals surface area contributed by atoms with Crippen LogP contribution in [0.3, 0.4) is 0 Å². The van der Waals surface area contributed by atoms with Crippen LogP contribution in [0.4, 0.5) is 4.79 Å². The molecule has 0 saturated heterocycles. The van der Waals surface area contributed by atoms with E-state index in [0.29, 0.717) is 12.1 Å². The average Bonchev–Trinajstić information content (AvgIpc) is 2.89. The molecule has 0 aliphatic carbocycles. The summed E-state index contributed by atoms with van der Waals surface area (Å²) in [6.07, 6.45) is -0.449. The molecule has 3 aromatic rings. The van der Waals surface area contributed by atoms with Gasteiger partial charge in [0.1, 0.15) is 17.7 Å². The maximum Gasteiger partial charge on any atom is 0.408 e. The summed E-state index contributed by atoms with van der Waals surface area (Å²) in [5.41, 5.74) is 3.89. The molecular formula is C32H39N3O4. The lowest BCUT2D eigenvalue weighted by molar-refractivity contribution is -0.140. The second-order valence-electron chi connectivity index (χ2n) is 10.8. The maximum atomic E-state index is 14.0. The van der Waals surface area contributed by atoms with Crippen molar-refractivity contribution >= 4 is 17.9 Å². The molecule has 3 amide bonds. The standard InChI is InChI=1S/C32H39N3O4/c1-22-17-18-26(19-23(22)2)28(29(36)33-21-25-15-11-8-12-16-25)35(6)30(37)27(20-24-13-9-7-10-14-24)34-31(38)39-32(3,4)5/h7-19,27-28H,20-21H2,1-6H3,(H,33,36)(H,34,38). The summed E-state index contributed by atoms with van der Waals surface area (Å²) in [5, 5.41) is 5.73. The van der Waals surface area contributed by atoms with Gasteiger partial charge in [-0.05, 0) is 62.4 Å². The Labute approximate surface area is 231 Å². The van der Waals surface area contributed by atoms with Gasteiger partial charge in [-0.25, -0.2) is 4.79 Å². The Morgan fingerprint density at radius 2 is 1.44 bits per heavy atom. The number of carbonyl (C=O) groups is 3. The summed E-state index contributed by atoms with van der Waals surface area (Å²) < 4.78 is 5.44. The zero-order valence-corrected chi connectivity index (χ0v) is 23.7. The highest BCUT2D eigenvalue weighted by Gasteiger charge is 2.34. The lowest BCUT2D eigenvalue weighted by Gasteiger charge is -2.32. The van der Waals surface area contributed by atoms with Crippen molar-refractivity contribution in [3.8, 4) is 0 Å². The minimum atomic E-state index is -0.941. The van der Waals surface area contributed by atoms with Crippen LogP contribution in [0.15, 0.2) is 78.9 Å². The number of alkyl carbamates (subject to hydrolysis) is 1. The third-order valence-electron chi connectivity index (χ3n) is 6.41. The first kappa shape index (κ1) is 29.4. The van der Waals surface area contributed by atoms with Gasteiger partial charge >= 0.3 is 6.09 Å². The number of carbonyl (C=O) groups excluding carboxylic acids is 3. The highest BCUT2D eigenvalue weighted by Crippen LogP contribution is 2.24. The lowest BCUT2D eigenvalue weighted by atomic mass is 9.98. The third-order valence-corrected chi connectivity index (χ3v) is 6.41. The molecule has 0 aromatic heterocycles. The molecule has 7 heteroatoms. The number of nitrogens with one attached hydrogen (secondary N) is 2. The van der Waals surface area contributed by atoms with Gasteiger partial charge in [0.25, 0.3) is 0 Å². The van der Waals surface area contributed by atoms with Gasteiger partial charge in [0, 0.05) is 20.0 Å². The van der Waals surface area contributed by atoms with Crippen LogP contribution in [0.25, 0.3) is 0 Å². The number of benzene rings is 3. The molecule has 2 unspecified atom stereocenters. The van der Waals surface area contributed by atoms with E-state index in [1.165, 1.54) is 4.90 Å². The van der Waals surface area contributed by atoms with Crippen LogP contribution in [0.2, 0.25) is 0 Å². The minimum absolute atomic E-state index is 0.245. The molecule has 39 heavy (non-hydrogen) atoms. The smallest absolute Gasteiger partial charge is 0.408 e. The zero-order valence-electron chi connectivity index (χ0n) is 23.7. The molecule has 3 rings (SSSR count). The van der Waals surface area contributed by atoms with E-state index < -0.39 is 29.7 Å². The zero-order chi connectivity index (χ0) is 28.6. The molecule has 0 spiro atoms. The predicted molar refractivity (Wildman–Crippen MR) is 153 cm³/mol. The molecule has 0 aliphatic rings. The minimum Gasteiger partial charge on any atom is -0.444 e. The summed E-state index contributed by atoms with van der Waals surface area (Å²) in [4.78, 5) is 41.7. The molecule has 0 saturated carbocycles. The quantitative estimate of drug-likeness (QED) is 0.396. The topological polar surface area (TPSA) is 87.7 Å². The molecule has 0 heterocycles. The van der Waals surface area contributed by atoms with Crippen LogP contribution >= 0.6 is 0 Å². The molecule has 3 aromatic carbocycles. The number of rotatable bonds is 9. The number of aryl methyl sites for hydroxylation is 2. The second kappa shape index (κ2) is 13.1. The Kier molecular flexibility index (Phi) is 9.88. The Balaban J connectivity index is 1.92. The Bertz CT molecular complexity index is 1270. The van der Waals surface area contributed by atoms with Crippen LogP contribution in [0, 0.1) is 13.8 Å². The first-order valence-electron chi connectivity index (χ1n) is 13.1. The number of amides is 3. The number of hydrogen-bond acceptors (Lipinski definition) is 4. The molecule has 2 N–H and O–H groups in total. The van der Waals surface area contributed by atoms with Crippen molar-refractivity contribution in [2.45, 2.75) is 65.3 Å². The first-order chi connectivity index (χ1) is 18.4. The first-order valence-corrected chi connectivity index (χ1v) is 13.1. The summed E-state index contributed by atoms with van der Waals surface area (Å²) in [6.45, 7) is 9.59. The van der Waals surface area contributed by atoms with Gasteiger partial charge in [0.2, 0.25) is 11.8 Å². The predicted octanol–water partition coefficient (Wildman–Crippen LogP) is 5.26. The van der Waals surface area contributed by atoms with Gasteiger partial charge in [0.05, 0.1) is 0 Å². The van der Waals surface area contributed by atoms with Gasteiger partial charge in [0.15, 0.2) is 0 Å². The molecule has 206 valence electrons. The number of hydrogen-bond donors (Lipinski definition) is 2. The van der Waals surface area contributed by atoms with Crippen LogP contribution in [0.1, 0.15) is 54.6 Å². The van der Waals surface area contributed by atoms with Crippen LogP contribution < -0.4 is 10.6 Å². The molecule has 7 nitrogen and oxygen atoms in total. The maximum absolute atomic E-state index is 14.0. The lowest BCUT2D eigenvalue weighted by Crippen LogP contribution is -2.52. The van der Waals surface area contributed by atoms with E-state index in [9.17, 15) is 14.4 Å². The molecule has 0 radical (unpaired) electrons. The van der Waals surface area contributed by atoms with Crippen molar-refractivity contribution in [2.24, 2.45) is 0 Å². The van der Waals surface area contributed by atoms with Crippen LogP contribution in [-0.4, -0.2) is 41.5 Å². The fourth-order valence-electron chi connectivity index (χ4n) is 4.24. The van der Waals surface area contributed by atoms with Crippen molar-refractivity contribution in [3.05, 3.63) is 107 Å². The van der Waals surface area contributed by atoms with E-state index in [1.807, 2.05) is 92.7 Å². The van der Waals surface area contributed by atoms with E-state index in [0.717, 1.165) is 22.3 Å². The number of likely N-dealkylation sites (N-methyl/N-ethyl adjacent to an activating group) is 1. The normalized spacial score (nSPS) is 12.7. The molecular weight excluding hydrogens is 490 g/mol. The van der Waals surface area contributed by atoms with Crippen molar-refractivity contribution in [1.82, 2.24) is 15.5 Å². The third kappa shape index (κ3) is 8.70. The Hall–Kier alpha value is -4.13. The van der Waals surface area contributed by atoms with Gasteiger partial charge in [-0.1, -0.05) is 78.9 Å². The summed E-state index contributed by atoms with van der Waals surface area (Å²) in [7, 11) is 1.60. The summed E-state index contributed by atoms with van der Waals surface area (Å²) >= 11 is 0. The SMILES string of the molecule is Cc1ccc(C(C(=O)NCc2ccccc2)N(C)C(=O)C(Cc2ccccc2)NC(=O)OC(C)(C)C)cc1C. The summed E-state index contributed by atoms with van der Waals surface area (Å²) in [6, 6.07) is 22.9. The highest BCUT2D eigenvalue weighted by molar-refractivity contribution is 5.92. The van der Waals surface area contributed by atoms with Crippen molar-refractivity contribution in [2.75, 3.05) is 7.05 Å². The molecule has 0 bridgehead atoms. The fourth-order valence-corrected chi connectivity index (χ4v) is 4.24. The van der Waals surface area contributed by atoms with E-state index >= 15 is 0 Å². The Morgan fingerprint density at radius 3 is 2.00 bits per heavy atom. The highest BCUT2D eigenvalue weighted by atomic mass is 16.6. The number of nitrogens with zero attached hydrogens (tertiary/aromatic N) is 1. The van der Waals surface area contributed by atoms with Crippen molar-refractivity contribution < 1.29 is 19.1 Å². The number of ether oxygens (including phenoxy) is 1. The fraction of sp³-hybridized carbons (Fsp3) is 0.344. The molecule has 0 fully saturated rings. The Morgan fingerprint density at radius 1 is 0.846 bits per heavy atom. The van der Waals surface area contributed by atoms with Crippen molar-refractivity contribution in [1.29, 1.82) is 0 Å². The average molecular weight is 530 g/mol. The van der Waals surface area contributed by atoms with Crippen LogP contribution in [0.5, 0.6) is 0 Å². The van der Waals surface area contributed by atoms with E-state index in [1.54, 1.807) is 27.8 Å². The summed E-state index contributed by atoms with van der Waals surface area (Å²) in [5.74, 6) is -0.712. The second-order valence-corrected chi connectivity index (χ2v) is 10.8. The largest absolute Gasteiger partial charge is 0.444 e. The van der Waals surface area contributed by atoms with Gasteiger partial charge < -0.3 is 20.3 Å². The van der Waals surface area contributed by atoms with Crippen LogP contribution in [-0.2, 0) is 27.3 Å². The molecule has 2 atom stereocenters.